The Morgan fingerprint density at radius 2 is 1.43 bits per heavy atom. The Labute approximate surface area is 353 Å². The third-order valence-corrected chi connectivity index (χ3v) is 15.3. The number of aliphatic carboxylic acids is 1. The minimum absolute atomic E-state index is 0.168. The molecule has 2 aromatic carbocycles. The number of carbonyl (C=O) groups excluding carboxylic acids is 2. The van der Waals surface area contributed by atoms with Gasteiger partial charge in [0.15, 0.2) is 11.6 Å². The van der Waals surface area contributed by atoms with E-state index in [1.807, 2.05) is 53.6 Å². The number of nitrogens with zero attached hydrogens (tertiary/aromatic N) is 6. The van der Waals surface area contributed by atoms with E-state index in [1.165, 1.54) is 0 Å². The molecule has 9 rings (SSSR count). The van der Waals surface area contributed by atoms with Crippen molar-refractivity contribution in [3.63, 3.8) is 0 Å². The standard InChI is InChI=1S/C43H50ClIN8O5/c1-50-35-13-17-52(22-25-9-11-26(12-10-25)43(56)57)23-33(35)46-40(50)42(55)49-32-8-4-6-29(38(32)44)28-5-3-7-31(37(28)30-21-45-30)48-41(54)39-47-34-24-53(18-14-36(34)51(39)2)27-15-19-58-20-16-27/h3-8,21,25-27,30H,9-20,22-24H2,1-2H3,(H,48,54)(H,49,55)(H,56,57). The Balaban J connectivity index is 0.900. The highest BCUT2D eigenvalue weighted by molar-refractivity contribution is 14.2. The first kappa shape index (κ1) is 39.5. The summed E-state index contributed by atoms with van der Waals surface area (Å²) in [5.41, 5.74) is 8.05. The number of alkyl halides is 1. The van der Waals surface area contributed by atoms with Crippen molar-refractivity contribution >= 4 is 65.5 Å². The van der Waals surface area contributed by atoms with Gasteiger partial charge in [-0.05, 0) is 66.2 Å². The van der Waals surface area contributed by atoms with Gasteiger partial charge in [-0.15, -0.1) is 20.7 Å². The number of carboxylic acid groups (broad SMARTS) is 1. The van der Waals surface area contributed by atoms with Gasteiger partial charge in [0, 0.05) is 107 Å². The average molecular weight is 921 g/mol. The van der Waals surface area contributed by atoms with E-state index in [4.69, 9.17) is 26.3 Å². The van der Waals surface area contributed by atoms with Crippen molar-refractivity contribution in [3.8, 4) is 11.1 Å². The lowest BCUT2D eigenvalue weighted by Crippen LogP contribution is -2.42. The van der Waals surface area contributed by atoms with Crippen LogP contribution in [0.4, 0.5) is 11.4 Å². The van der Waals surface area contributed by atoms with Crippen molar-refractivity contribution < 1.29 is 24.2 Å². The van der Waals surface area contributed by atoms with Gasteiger partial charge in [-0.3, -0.25) is 24.2 Å². The number of fused-ring (bicyclic) bond motifs is 2. The van der Waals surface area contributed by atoms with E-state index in [9.17, 15) is 19.5 Å². The van der Waals surface area contributed by atoms with Crippen LogP contribution in [0.2, 0.25) is 5.02 Å². The number of benzene rings is 2. The third kappa shape index (κ3) is 7.89. The molecule has 3 N–H and O–H groups in total. The predicted octanol–water partition coefficient (Wildman–Crippen LogP) is 6.59. The van der Waals surface area contributed by atoms with E-state index in [-0.39, 0.29) is 42.4 Å². The van der Waals surface area contributed by atoms with Gasteiger partial charge in [0.05, 0.1) is 31.9 Å². The molecule has 6 heterocycles. The maximum atomic E-state index is 14.0. The average Bonchev–Trinajstić information content (AvgIpc) is 3.95. The van der Waals surface area contributed by atoms with Crippen LogP contribution in [-0.2, 0) is 49.6 Å². The van der Waals surface area contributed by atoms with Crippen LogP contribution in [-0.4, -0.2) is 94.7 Å². The third-order valence-electron chi connectivity index (χ3n) is 12.9. The van der Waals surface area contributed by atoms with Crippen LogP contribution in [0.25, 0.3) is 11.1 Å². The van der Waals surface area contributed by atoms with Crippen molar-refractivity contribution in [1.29, 1.82) is 0 Å². The molecule has 1 saturated heterocycles. The number of hydrogen-bond acceptors (Lipinski definition) is 8. The summed E-state index contributed by atoms with van der Waals surface area (Å²) in [4.78, 5) is 53.8. The minimum Gasteiger partial charge on any atom is -0.481 e. The quantitative estimate of drug-likeness (QED) is 0.119. The highest BCUT2D eigenvalue weighted by Crippen LogP contribution is 2.49. The summed E-state index contributed by atoms with van der Waals surface area (Å²) in [6.07, 6.45) is 7.05. The highest BCUT2D eigenvalue weighted by atomic mass is 127. The number of ether oxygens (including phenoxy) is 1. The molecule has 15 heteroatoms. The minimum atomic E-state index is -0.677. The normalized spacial score (nSPS) is 22.4. The summed E-state index contributed by atoms with van der Waals surface area (Å²) in [6.45, 7) is 5.75. The molecule has 1 aliphatic carbocycles. The maximum absolute atomic E-state index is 14.0. The van der Waals surface area contributed by atoms with Crippen molar-refractivity contribution in [1.82, 2.24) is 28.9 Å². The van der Waals surface area contributed by atoms with Crippen LogP contribution >= 0.6 is 32.3 Å². The van der Waals surface area contributed by atoms with Gasteiger partial charge >= 0.3 is 5.97 Å². The fourth-order valence-electron chi connectivity index (χ4n) is 9.57. The fraction of sp³-hybridized carbons (Fsp3) is 0.488. The number of carboxylic acids is 1. The Bertz CT molecular complexity index is 2290. The Morgan fingerprint density at radius 1 is 0.828 bits per heavy atom. The molecule has 13 nitrogen and oxygen atoms in total. The molecule has 4 aliphatic heterocycles. The lowest BCUT2D eigenvalue weighted by Gasteiger charge is -2.36. The molecule has 2 aromatic heterocycles. The molecule has 1 unspecified atom stereocenters. The Hall–Kier alpha value is -3.96. The molecule has 1 saturated carbocycles. The van der Waals surface area contributed by atoms with Crippen LogP contribution in [0, 0.1) is 11.8 Å². The molecule has 58 heavy (non-hydrogen) atoms. The summed E-state index contributed by atoms with van der Waals surface area (Å²) in [5.74, 6) is -0.222. The van der Waals surface area contributed by atoms with Crippen LogP contribution in [0.3, 0.4) is 0 Å². The molecule has 2 fully saturated rings. The number of carbonyl (C=O) groups is 3. The molecular weight excluding hydrogens is 871 g/mol. The van der Waals surface area contributed by atoms with Gasteiger partial charge in [-0.1, -0.05) is 35.9 Å². The zero-order chi connectivity index (χ0) is 40.1. The molecule has 2 amide bonds. The van der Waals surface area contributed by atoms with E-state index in [1.54, 1.807) is 6.07 Å². The van der Waals surface area contributed by atoms with Gasteiger partial charge in [-0.25, -0.2) is 9.97 Å². The van der Waals surface area contributed by atoms with E-state index in [0.29, 0.717) is 40.9 Å². The summed E-state index contributed by atoms with van der Waals surface area (Å²) in [6, 6.07) is 12.1. The largest absolute Gasteiger partial charge is 0.481 e. The van der Waals surface area contributed by atoms with Crippen molar-refractivity contribution in [2.24, 2.45) is 25.9 Å². The smallest absolute Gasteiger partial charge is 0.306 e. The summed E-state index contributed by atoms with van der Waals surface area (Å²) in [5, 5.41) is 16.1. The summed E-state index contributed by atoms with van der Waals surface area (Å²) in [7, 11) is 3.83. The number of amides is 2. The van der Waals surface area contributed by atoms with E-state index in [0.717, 1.165) is 136 Å². The molecule has 0 bridgehead atoms. The lowest BCUT2D eigenvalue weighted by atomic mass is 9.81. The fourth-order valence-corrected chi connectivity index (χ4v) is 11.4. The second-order valence-corrected chi connectivity index (χ2v) is 19.5. The molecule has 5 aliphatic rings. The van der Waals surface area contributed by atoms with Crippen LogP contribution in [0.5, 0.6) is 0 Å². The van der Waals surface area contributed by atoms with E-state index in [2.05, 4.69) is 24.4 Å². The first-order valence-corrected chi connectivity index (χ1v) is 23.4. The number of aromatic nitrogens is 4. The SMILES string of the molecule is Cn1c(C(=O)Nc2cccc(-c3cccc(NC(=O)c4nc5c(n4C)CCN(C4CCOCC4)C5)c3C3C=I3)c2Cl)nc2c1CCN(CC1CCC(C(=O)O)CC1)C2. The van der Waals surface area contributed by atoms with Crippen LogP contribution in [0.1, 0.15) is 92.0 Å². The lowest BCUT2D eigenvalue weighted by molar-refractivity contribution is -0.143. The predicted molar refractivity (Wildman–Crippen MR) is 232 cm³/mol. The summed E-state index contributed by atoms with van der Waals surface area (Å²) < 4.78 is 12.0. The van der Waals surface area contributed by atoms with Gasteiger partial charge < -0.3 is 29.6 Å². The highest BCUT2D eigenvalue weighted by Gasteiger charge is 2.33. The second kappa shape index (κ2) is 16.6. The topological polar surface area (TPSA) is 147 Å². The maximum Gasteiger partial charge on any atom is 0.306 e. The van der Waals surface area contributed by atoms with Crippen LogP contribution in [0.15, 0.2) is 36.4 Å². The Morgan fingerprint density at radius 3 is 2.09 bits per heavy atom. The number of anilines is 2. The van der Waals surface area contributed by atoms with E-state index < -0.39 is 5.97 Å². The number of hydrogen-bond donors (Lipinski definition) is 3. The van der Waals surface area contributed by atoms with E-state index >= 15 is 0 Å². The Kier molecular flexibility index (Phi) is 11.3. The monoisotopic (exact) mass is 920 g/mol. The van der Waals surface area contributed by atoms with Gasteiger partial charge in [-0.2, -0.15) is 0 Å². The van der Waals surface area contributed by atoms with Gasteiger partial charge in [0.25, 0.3) is 11.8 Å². The van der Waals surface area contributed by atoms with Crippen LogP contribution < -0.4 is 10.6 Å². The first-order chi connectivity index (χ1) is 28.1. The molecule has 306 valence electrons. The second-order valence-electron chi connectivity index (χ2n) is 16.4. The summed E-state index contributed by atoms with van der Waals surface area (Å²) >= 11 is 6.99. The molecule has 4 aromatic rings. The zero-order valence-corrected chi connectivity index (χ0v) is 35.9. The first-order valence-electron chi connectivity index (χ1n) is 20.5. The zero-order valence-electron chi connectivity index (χ0n) is 33.0. The molecular formula is C43H50ClIN8O5. The number of halogens is 2. The molecule has 0 spiro atoms. The number of nitrogens with one attached hydrogen (secondary N) is 2. The van der Waals surface area contributed by atoms with Gasteiger partial charge in [0.2, 0.25) is 0 Å². The molecule has 1 atom stereocenters. The number of imidazole rings is 2. The van der Waals surface area contributed by atoms with Crippen molar-refractivity contribution in [2.75, 3.05) is 43.5 Å². The van der Waals surface area contributed by atoms with Gasteiger partial charge in [0.1, 0.15) is 0 Å². The molecule has 0 radical (unpaired) electrons. The van der Waals surface area contributed by atoms with Crippen molar-refractivity contribution in [2.45, 2.75) is 74.4 Å². The van der Waals surface area contributed by atoms with Crippen molar-refractivity contribution in [3.05, 3.63) is 81.4 Å². The number of rotatable bonds is 10.